The fourth-order valence-electron chi connectivity index (χ4n) is 1.94. The van der Waals surface area contributed by atoms with Crippen LogP contribution in [-0.4, -0.2) is 22.5 Å². The van der Waals surface area contributed by atoms with E-state index in [-0.39, 0.29) is 11.9 Å². The summed E-state index contributed by atoms with van der Waals surface area (Å²) in [7, 11) is 0. The molecule has 0 saturated carbocycles. The molecule has 0 amide bonds. The smallest absolute Gasteiger partial charge is 0.341 e. The van der Waals surface area contributed by atoms with E-state index in [0.717, 1.165) is 10.0 Å². The van der Waals surface area contributed by atoms with Crippen molar-refractivity contribution >= 4 is 21.9 Å². The van der Waals surface area contributed by atoms with E-state index in [9.17, 15) is 4.79 Å². The number of ether oxygens (including phenoxy) is 1. The second-order valence-corrected chi connectivity index (χ2v) is 5.79. The van der Waals surface area contributed by atoms with Crippen LogP contribution >= 0.6 is 15.9 Å². The van der Waals surface area contributed by atoms with E-state index in [1.165, 1.54) is 0 Å². The molecule has 0 N–H and O–H groups in total. The summed E-state index contributed by atoms with van der Waals surface area (Å²) in [5.74, 6) is 0.351. The van der Waals surface area contributed by atoms with E-state index in [0.29, 0.717) is 23.7 Å². The number of carbonyl (C=O) groups excluding carboxylic acids is 1. The predicted octanol–water partition coefficient (Wildman–Crippen LogP) is 4.21. The van der Waals surface area contributed by atoms with Crippen molar-refractivity contribution in [2.75, 3.05) is 6.61 Å². The number of hydrogen-bond donors (Lipinski definition) is 0. The standard InChI is InChI=1S/C16H17BrN2O2/c1-4-21-16(20)13-9-18-15(19-14(13)10(2)3)11-5-7-12(17)8-6-11/h5-10H,4H2,1-3H3. The maximum atomic E-state index is 12.0. The van der Waals surface area contributed by atoms with Crippen LogP contribution < -0.4 is 0 Å². The van der Waals surface area contributed by atoms with Crippen LogP contribution in [0.25, 0.3) is 11.4 Å². The van der Waals surface area contributed by atoms with Gasteiger partial charge in [-0.05, 0) is 25.0 Å². The molecule has 0 unspecified atom stereocenters. The van der Waals surface area contributed by atoms with Crippen LogP contribution in [0, 0.1) is 0 Å². The molecule has 2 aromatic rings. The number of rotatable bonds is 4. The third kappa shape index (κ3) is 3.67. The zero-order valence-corrected chi connectivity index (χ0v) is 13.8. The fraction of sp³-hybridized carbons (Fsp3) is 0.312. The van der Waals surface area contributed by atoms with E-state index >= 15 is 0 Å². The number of nitrogens with zero attached hydrogens (tertiary/aromatic N) is 2. The first-order chi connectivity index (χ1) is 10.0. The van der Waals surface area contributed by atoms with Crippen molar-refractivity contribution in [1.82, 2.24) is 9.97 Å². The third-order valence-electron chi connectivity index (χ3n) is 2.96. The Morgan fingerprint density at radius 1 is 1.29 bits per heavy atom. The molecule has 1 aromatic carbocycles. The molecule has 0 aliphatic heterocycles. The van der Waals surface area contributed by atoms with Crippen LogP contribution in [0.5, 0.6) is 0 Å². The molecule has 0 saturated heterocycles. The first kappa shape index (κ1) is 15.6. The van der Waals surface area contributed by atoms with Gasteiger partial charge in [0.05, 0.1) is 17.9 Å². The Morgan fingerprint density at radius 2 is 1.95 bits per heavy atom. The number of halogens is 1. The van der Waals surface area contributed by atoms with Gasteiger partial charge in [-0.15, -0.1) is 0 Å². The average Bonchev–Trinajstić information content (AvgIpc) is 2.47. The van der Waals surface area contributed by atoms with Gasteiger partial charge in [0.25, 0.3) is 0 Å². The predicted molar refractivity (Wildman–Crippen MR) is 85.2 cm³/mol. The van der Waals surface area contributed by atoms with Gasteiger partial charge in [0.1, 0.15) is 0 Å². The zero-order chi connectivity index (χ0) is 15.4. The maximum Gasteiger partial charge on any atom is 0.341 e. The summed E-state index contributed by atoms with van der Waals surface area (Å²) in [6.45, 7) is 6.11. The normalized spacial score (nSPS) is 10.7. The van der Waals surface area contributed by atoms with Crippen molar-refractivity contribution in [2.45, 2.75) is 26.7 Å². The van der Waals surface area contributed by atoms with Gasteiger partial charge in [0.2, 0.25) is 0 Å². The number of esters is 1. The van der Waals surface area contributed by atoms with Crippen LogP contribution in [0.1, 0.15) is 42.7 Å². The average molecular weight is 349 g/mol. The summed E-state index contributed by atoms with van der Waals surface area (Å²) in [6, 6.07) is 7.75. The first-order valence-corrected chi connectivity index (χ1v) is 7.62. The molecule has 0 radical (unpaired) electrons. The van der Waals surface area contributed by atoms with Crippen LogP contribution in [0.4, 0.5) is 0 Å². The molecule has 2 rings (SSSR count). The summed E-state index contributed by atoms with van der Waals surface area (Å²) in [5, 5.41) is 0. The van der Waals surface area contributed by atoms with Crippen LogP contribution in [0.2, 0.25) is 0 Å². The highest BCUT2D eigenvalue weighted by Crippen LogP contribution is 2.23. The van der Waals surface area contributed by atoms with Gasteiger partial charge in [-0.3, -0.25) is 0 Å². The van der Waals surface area contributed by atoms with Gasteiger partial charge in [-0.25, -0.2) is 14.8 Å². The fourth-order valence-corrected chi connectivity index (χ4v) is 2.20. The Hall–Kier alpha value is -1.75. The monoisotopic (exact) mass is 348 g/mol. The summed E-state index contributed by atoms with van der Waals surface area (Å²) in [5.41, 5.74) is 2.06. The lowest BCUT2D eigenvalue weighted by molar-refractivity contribution is 0.0523. The molecule has 0 aliphatic rings. The van der Waals surface area contributed by atoms with Crippen LogP contribution in [-0.2, 0) is 4.74 Å². The summed E-state index contributed by atoms with van der Waals surface area (Å²) in [4.78, 5) is 20.8. The van der Waals surface area contributed by atoms with Gasteiger partial charge >= 0.3 is 5.97 Å². The summed E-state index contributed by atoms with van der Waals surface area (Å²) >= 11 is 3.40. The highest BCUT2D eigenvalue weighted by atomic mass is 79.9. The van der Waals surface area contributed by atoms with Crippen molar-refractivity contribution < 1.29 is 9.53 Å². The molecule has 0 bridgehead atoms. The zero-order valence-electron chi connectivity index (χ0n) is 12.3. The minimum absolute atomic E-state index is 0.113. The molecule has 4 nitrogen and oxygen atoms in total. The highest BCUT2D eigenvalue weighted by Gasteiger charge is 2.18. The van der Waals surface area contributed by atoms with Crippen molar-refractivity contribution in [3.63, 3.8) is 0 Å². The quantitative estimate of drug-likeness (QED) is 0.776. The number of benzene rings is 1. The largest absolute Gasteiger partial charge is 0.462 e. The van der Waals surface area contributed by atoms with Gasteiger partial charge in [-0.2, -0.15) is 0 Å². The van der Waals surface area contributed by atoms with Gasteiger partial charge in [0, 0.05) is 16.2 Å². The molecule has 0 spiro atoms. The van der Waals surface area contributed by atoms with E-state index in [1.54, 1.807) is 13.1 Å². The van der Waals surface area contributed by atoms with E-state index in [4.69, 9.17) is 4.74 Å². The third-order valence-corrected chi connectivity index (χ3v) is 3.49. The van der Waals surface area contributed by atoms with Crippen molar-refractivity contribution in [2.24, 2.45) is 0 Å². The lowest BCUT2D eigenvalue weighted by atomic mass is 10.0. The van der Waals surface area contributed by atoms with Crippen LogP contribution in [0.3, 0.4) is 0 Å². The number of carbonyl (C=O) groups is 1. The Labute approximate surface area is 132 Å². The molecule has 5 heteroatoms. The van der Waals surface area contributed by atoms with Crippen LogP contribution in [0.15, 0.2) is 34.9 Å². The molecule has 0 fully saturated rings. The molecular weight excluding hydrogens is 332 g/mol. The van der Waals surface area contributed by atoms with Gasteiger partial charge in [-0.1, -0.05) is 41.9 Å². The lowest BCUT2D eigenvalue weighted by Gasteiger charge is -2.12. The topological polar surface area (TPSA) is 52.1 Å². The first-order valence-electron chi connectivity index (χ1n) is 6.83. The summed E-state index contributed by atoms with van der Waals surface area (Å²) in [6.07, 6.45) is 1.55. The SMILES string of the molecule is CCOC(=O)c1cnc(-c2ccc(Br)cc2)nc1C(C)C. The number of hydrogen-bond acceptors (Lipinski definition) is 4. The Bertz CT molecular complexity index is 639. The van der Waals surface area contributed by atoms with Gasteiger partial charge < -0.3 is 4.74 Å². The number of aromatic nitrogens is 2. The molecule has 1 heterocycles. The Balaban J connectivity index is 2.45. The molecule has 0 atom stereocenters. The molecule has 110 valence electrons. The second kappa shape index (κ2) is 6.80. The van der Waals surface area contributed by atoms with Crippen molar-refractivity contribution in [3.05, 3.63) is 46.2 Å². The van der Waals surface area contributed by atoms with E-state index in [2.05, 4.69) is 25.9 Å². The lowest BCUT2D eigenvalue weighted by Crippen LogP contribution is -2.12. The maximum absolute atomic E-state index is 12.0. The molecular formula is C16H17BrN2O2. The molecule has 21 heavy (non-hydrogen) atoms. The minimum atomic E-state index is -0.372. The second-order valence-electron chi connectivity index (χ2n) is 4.87. The Morgan fingerprint density at radius 3 is 2.52 bits per heavy atom. The van der Waals surface area contributed by atoms with Crippen molar-refractivity contribution in [1.29, 1.82) is 0 Å². The van der Waals surface area contributed by atoms with Crippen molar-refractivity contribution in [3.8, 4) is 11.4 Å². The van der Waals surface area contributed by atoms with E-state index in [1.807, 2.05) is 38.1 Å². The Kier molecular flexibility index (Phi) is 5.07. The van der Waals surface area contributed by atoms with E-state index < -0.39 is 0 Å². The minimum Gasteiger partial charge on any atom is -0.462 e. The highest BCUT2D eigenvalue weighted by molar-refractivity contribution is 9.10. The molecule has 0 aliphatic carbocycles. The van der Waals surface area contributed by atoms with Gasteiger partial charge in [0.15, 0.2) is 5.82 Å². The summed E-state index contributed by atoms with van der Waals surface area (Å²) < 4.78 is 6.05. The molecule has 1 aromatic heterocycles.